The molecule has 1 saturated carbocycles. The van der Waals surface area contributed by atoms with Crippen LogP contribution in [0.4, 0.5) is 13.2 Å². The van der Waals surface area contributed by atoms with Gasteiger partial charge in [-0.1, -0.05) is 6.92 Å². The first-order valence-electron chi connectivity index (χ1n) is 9.77. The fraction of sp³-hybridized carbons (Fsp3) is 0.316. The molecular formula is C19H16F3N7O2S. The van der Waals surface area contributed by atoms with Gasteiger partial charge in [-0.3, -0.25) is 9.00 Å². The summed E-state index contributed by atoms with van der Waals surface area (Å²) >= 11 is 0. The molecule has 1 aliphatic rings. The standard InChI is InChI=1S/C19H16F3N7O2S/c1-2-32(31)18-14(15-25-13-6-3-10(19(20,21)22)9-28(13)26-15)16-23-8-7-12(29(16)27-18)17(30)24-11-4-5-11/h3,6-9,11H,2,4-5H2,1H3,(H,24,30). The molecule has 0 bridgehead atoms. The van der Waals surface area contributed by atoms with E-state index in [-0.39, 0.29) is 51.1 Å². The van der Waals surface area contributed by atoms with Gasteiger partial charge >= 0.3 is 6.18 Å². The minimum atomic E-state index is -4.54. The van der Waals surface area contributed by atoms with Crippen molar-refractivity contribution >= 4 is 28.0 Å². The van der Waals surface area contributed by atoms with Crippen molar-refractivity contribution in [3.8, 4) is 11.4 Å². The lowest BCUT2D eigenvalue weighted by Crippen LogP contribution is -2.27. The summed E-state index contributed by atoms with van der Waals surface area (Å²) in [5.74, 6) is -0.101. The second-order valence-electron chi connectivity index (χ2n) is 7.28. The Labute approximate surface area is 181 Å². The first kappa shape index (κ1) is 20.5. The zero-order valence-corrected chi connectivity index (χ0v) is 17.4. The van der Waals surface area contributed by atoms with Crippen molar-refractivity contribution < 1.29 is 22.2 Å². The summed E-state index contributed by atoms with van der Waals surface area (Å²) in [5.41, 5.74) is -0.106. The van der Waals surface area contributed by atoms with Crippen LogP contribution in [0.3, 0.4) is 0 Å². The van der Waals surface area contributed by atoms with Crippen molar-refractivity contribution in [1.29, 1.82) is 0 Å². The Bertz CT molecular complexity index is 1390. The molecule has 1 amide bonds. The Morgan fingerprint density at radius 1 is 1.25 bits per heavy atom. The summed E-state index contributed by atoms with van der Waals surface area (Å²) in [5, 5.41) is 11.5. The van der Waals surface area contributed by atoms with E-state index < -0.39 is 22.5 Å². The molecule has 166 valence electrons. The van der Waals surface area contributed by atoms with Crippen LogP contribution in [0.1, 0.15) is 35.8 Å². The lowest BCUT2D eigenvalue weighted by molar-refractivity contribution is -0.137. The fourth-order valence-corrected chi connectivity index (χ4v) is 4.09. The van der Waals surface area contributed by atoms with Crippen molar-refractivity contribution in [1.82, 2.24) is 34.5 Å². The smallest absolute Gasteiger partial charge is 0.348 e. The van der Waals surface area contributed by atoms with Crippen LogP contribution in [0.15, 0.2) is 35.6 Å². The van der Waals surface area contributed by atoms with Gasteiger partial charge in [-0.15, -0.1) is 5.10 Å². The number of hydrogen-bond acceptors (Lipinski definition) is 6. The average molecular weight is 463 g/mol. The molecule has 4 heterocycles. The van der Waals surface area contributed by atoms with Gasteiger partial charge in [0, 0.05) is 24.2 Å². The second-order valence-corrected chi connectivity index (χ2v) is 8.94. The van der Waals surface area contributed by atoms with Crippen molar-refractivity contribution in [2.45, 2.75) is 37.0 Å². The maximum atomic E-state index is 13.1. The molecule has 0 aliphatic heterocycles. The SMILES string of the molecule is CCS(=O)c1nn2c(C(=O)NC3CC3)ccnc2c1-c1nc2ccc(C(F)(F)F)cn2n1. The monoisotopic (exact) mass is 463 g/mol. The minimum Gasteiger partial charge on any atom is -0.348 e. The molecule has 1 fully saturated rings. The molecule has 0 saturated heterocycles. The first-order chi connectivity index (χ1) is 15.3. The van der Waals surface area contributed by atoms with E-state index >= 15 is 0 Å². The van der Waals surface area contributed by atoms with Gasteiger partial charge in [0.15, 0.2) is 22.1 Å². The predicted molar refractivity (Wildman–Crippen MR) is 107 cm³/mol. The number of fused-ring (bicyclic) bond motifs is 2. The van der Waals surface area contributed by atoms with Crippen molar-refractivity contribution in [3.63, 3.8) is 0 Å². The first-order valence-corrected chi connectivity index (χ1v) is 11.1. The molecule has 5 rings (SSSR count). The largest absolute Gasteiger partial charge is 0.417 e. The summed E-state index contributed by atoms with van der Waals surface area (Å²) in [7, 11) is -1.57. The third kappa shape index (κ3) is 3.51. The third-order valence-corrected chi connectivity index (χ3v) is 6.23. The quantitative estimate of drug-likeness (QED) is 0.487. The van der Waals surface area contributed by atoms with Gasteiger partial charge in [0.1, 0.15) is 11.3 Å². The van der Waals surface area contributed by atoms with Gasteiger partial charge in [-0.05, 0) is 31.0 Å². The minimum absolute atomic E-state index is 0.0170. The number of halogens is 3. The number of carbonyl (C=O) groups is 1. The Balaban J connectivity index is 1.70. The number of carbonyl (C=O) groups excluding carboxylic acids is 1. The van der Waals surface area contributed by atoms with Crippen LogP contribution in [-0.2, 0) is 17.0 Å². The Kier molecular flexibility index (Phi) is 4.73. The maximum absolute atomic E-state index is 13.1. The van der Waals surface area contributed by atoms with E-state index in [1.807, 2.05) is 0 Å². The van der Waals surface area contributed by atoms with E-state index in [1.165, 1.54) is 22.8 Å². The summed E-state index contributed by atoms with van der Waals surface area (Å²) < 4.78 is 54.2. The molecule has 1 aliphatic carbocycles. The number of nitrogens with one attached hydrogen (secondary N) is 1. The molecule has 13 heteroatoms. The van der Waals surface area contributed by atoms with Gasteiger partial charge in [-0.25, -0.2) is 19.0 Å². The van der Waals surface area contributed by atoms with E-state index in [4.69, 9.17) is 0 Å². The number of pyridine rings is 1. The topological polar surface area (TPSA) is 107 Å². The van der Waals surface area contributed by atoms with Crippen LogP contribution in [0.2, 0.25) is 0 Å². The van der Waals surface area contributed by atoms with Gasteiger partial charge in [-0.2, -0.15) is 18.3 Å². The molecular weight excluding hydrogens is 447 g/mol. The van der Waals surface area contributed by atoms with Gasteiger partial charge in [0.2, 0.25) is 0 Å². The van der Waals surface area contributed by atoms with Gasteiger partial charge < -0.3 is 5.32 Å². The fourth-order valence-electron chi connectivity index (χ4n) is 3.23. The van der Waals surface area contributed by atoms with Crippen molar-refractivity contribution in [2.24, 2.45) is 0 Å². The van der Waals surface area contributed by atoms with Gasteiger partial charge in [0.05, 0.1) is 16.4 Å². The number of alkyl halides is 3. The highest BCUT2D eigenvalue weighted by Gasteiger charge is 2.32. The van der Waals surface area contributed by atoms with E-state index in [2.05, 4.69) is 25.5 Å². The summed E-state index contributed by atoms with van der Waals surface area (Å²) in [4.78, 5) is 21.2. The molecule has 4 aromatic rings. The van der Waals surface area contributed by atoms with Crippen molar-refractivity contribution in [2.75, 3.05) is 5.75 Å². The van der Waals surface area contributed by atoms with E-state index in [9.17, 15) is 22.2 Å². The van der Waals surface area contributed by atoms with Gasteiger partial charge in [0.25, 0.3) is 5.91 Å². The molecule has 0 radical (unpaired) electrons. The third-order valence-electron chi connectivity index (χ3n) is 4.99. The Hall–Kier alpha value is -3.35. The molecule has 1 unspecified atom stereocenters. The summed E-state index contributed by atoms with van der Waals surface area (Å²) in [6.07, 6.45) is -0.486. The van der Waals surface area contributed by atoms with E-state index in [1.54, 1.807) is 6.92 Å². The Morgan fingerprint density at radius 2 is 2.03 bits per heavy atom. The van der Waals surface area contributed by atoms with Crippen LogP contribution >= 0.6 is 0 Å². The lowest BCUT2D eigenvalue weighted by atomic mass is 10.3. The van der Waals surface area contributed by atoms with Crippen LogP contribution in [-0.4, -0.2) is 51.1 Å². The highest BCUT2D eigenvalue weighted by atomic mass is 32.2. The highest BCUT2D eigenvalue weighted by molar-refractivity contribution is 7.85. The zero-order valence-electron chi connectivity index (χ0n) is 16.6. The molecule has 1 N–H and O–H groups in total. The number of amides is 1. The molecule has 0 spiro atoms. The molecule has 9 nitrogen and oxygen atoms in total. The summed E-state index contributed by atoms with van der Waals surface area (Å²) in [6.45, 7) is 1.70. The van der Waals surface area contributed by atoms with Crippen LogP contribution in [0.25, 0.3) is 22.7 Å². The number of nitrogens with zero attached hydrogens (tertiary/aromatic N) is 6. The van der Waals surface area contributed by atoms with E-state index in [0.717, 1.165) is 29.6 Å². The highest BCUT2D eigenvalue weighted by Crippen LogP contribution is 2.31. The van der Waals surface area contributed by atoms with E-state index in [0.29, 0.717) is 0 Å². The maximum Gasteiger partial charge on any atom is 0.417 e. The molecule has 1 atom stereocenters. The number of hydrogen-bond donors (Lipinski definition) is 1. The number of rotatable bonds is 5. The van der Waals surface area contributed by atoms with Crippen molar-refractivity contribution in [3.05, 3.63) is 41.9 Å². The average Bonchev–Trinajstić information content (AvgIpc) is 3.33. The second kappa shape index (κ2) is 7.36. The number of aromatic nitrogens is 6. The lowest BCUT2D eigenvalue weighted by Gasteiger charge is -2.05. The molecule has 0 aromatic carbocycles. The molecule has 32 heavy (non-hydrogen) atoms. The normalized spacial score (nSPS) is 15.4. The Morgan fingerprint density at radius 3 is 2.72 bits per heavy atom. The van der Waals surface area contributed by atoms with Crippen LogP contribution in [0, 0.1) is 0 Å². The zero-order chi connectivity index (χ0) is 22.6. The predicted octanol–water partition coefficient (Wildman–Crippen LogP) is 2.48. The molecule has 4 aromatic heterocycles. The van der Waals surface area contributed by atoms with Crippen LogP contribution < -0.4 is 5.32 Å². The van der Waals surface area contributed by atoms with Crippen LogP contribution in [0.5, 0.6) is 0 Å². The summed E-state index contributed by atoms with van der Waals surface area (Å²) in [6, 6.07) is 3.72.